The predicted octanol–water partition coefficient (Wildman–Crippen LogP) is 3.29. The van der Waals surface area contributed by atoms with E-state index in [0.29, 0.717) is 11.3 Å². The molecule has 106 valence electrons. The maximum Gasteiger partial charge on any atom is 0.159 e. The molecule has 0 bridgehead atoms. The van der Waals surface area contributed by atoms with Gasteiger partial charge in [0.25, 0.3) is 0 Å². The van der Waals surface area contributed by atoms with Gasteiger partial charge in [-0.1, -0.05) is 35.9 Å². The number of likely N-dealkylation sites (N-methyl/N-ethyl adjacent to an activating group) is 1. The fourth-order valence-electron chi connectivity index (χ4n) is 2.69. The maximum absolute atomic E-state index is 6.13. The van der Waals surface area contributed by atoms with Crippen LogP contribution in [0.2, 0.25) is 5.15 Å². The first-order valence-corrected chi connectivity index (χ1v) is 7.45. The number of benzene rings is 1. The van der Waals surface area contributed by atoms with Crippen LogP contribution in [0.4, 0.5) is 5.82 Å². The van der Waals surface area contributed by atoms with Gasteiger partial charge in [-0.05, 0) is 19.8 Å². The Morgan fingerprint density at radius 1 is 1.30 bits per heavy atom. The summed E-state index contributed by atoms with van der Waals surface area (Å²) < 4.78 is 5.73. The third kappa shape index (κ3) is 2.58. The van der Waals surface area contributed by atoms with E-state index in [9.17, 15) is 0 Å². The monoisotopic (exact) mass is 291 g/mol. The van der Waals surface area contributed by atoms with E-state index in [1.54, 1.807) is 0 Å². The van der Waals surface area contributed by atoms with Gasteiger partial charge >= 0.3 is 0 Å². The summed E-state index contributed by atoms with van der Waals surface area (Å²) >= 11 is 6.13. The van der Waals surface area contributed by atoms with Crippen molar-refractivity contribution in [3.63, 3.8) is 0 Å². The molecule has 0 amide bonds. The molecular weight excluding hydrogens is 274 g/mol. The molecule has 1 unspecified atom stereocenters. The molecule has 4 nitrogen and oxygen atoms in total. The minimum absolute atomic E-state index is 0.297. The zero-order valence-corrected chi connectivity index (χ0v) is 12.3. The van der Waals surface area contributed by atoms with Crippen molar-refractivity contribution in [1.29, 1.82) is 0 Å². The molecule has 0 saturated carbocycles. The number of fused-ring (bicyclic) bond motifs is 1. The highest BCUT2D eigenvalue weighted by molar-refractivity contribution is 6.34. The van der Waals surface area contributed by atoms with Crippen molar-refractivity contribution in [1.82, 2.24) is 10.2 Å². The molecule has 1 saturated heterocycles. The highest BCUT2D eigenvalue weighted by atomic mass is 35.5. The summed E-state index contributed by atoms with van der Waals surface area (Å²) in [5.41, 5.74) is 0. The van der Waals surface area contributed by atoms with Gasteiger partial charge in [0.1, 0.15) is 0 Å². The number of hydrogen-bond donors (Lipinski definition) is 0. The Labute approximate surface area is 123 Å². The van der Waals surface area contributed by atoms with Crippen LogP contribution in [0.15, 0.2) is 24.3 Å². The van der Waals surface area contributed by atoms with E-state index in [1.807, 2.05) is 24.3 Å². The normalized spacial score (nSPS) is 18.6. The van der Waals surface area contributed by atoms with E-state index >= 15 is 0 Å². The van der Waals surface area contributed by atoms with Crippen LogP contribution in [0.25, 0.3) is 10.8 Å². The van der Waals surface area contributed by atoms with E-state index in [1.165, 1.54) is 0 Å². The molecule has 1 aliphatic rings. The number of halogens is 1. The smallest absolute Gasteiger partial charge is 0.159 e. The lowest BCUT2D eigenvalue weighted by molar-refractivity contribution is 0.115. The molecule has 0 N–H and O–H groups in total. The van der Waals surface area contributed by atoms with Crippen molar-refractivity contribution in [3.8, 4) is 0 Å². The molecule has 1 atom stereocenters. The fraction of sp³-hybridized carbons (Fsp3) is 0.467. The molecule has 2 aromatic rings. The Bertz CT molecular complexity index is 599. The molecule has 1 fully saturated rings. The Morgan fingerprint density at radius 3 is 2.80 bits per heavy atom. The molecular formula is C15H18ClN3O. The molecule has 3 rings (SSSR count). The number of ether oxygens (including phenoxy) is 1. The Balaban J connectivity index is 1.96. The van der Waals surface area contributed by atoms with Crippen molar-refractivity contribution in [2.45, 2.75) is 25.9 Å². The zero-order chi connectivity index (χ0) is 13.9. The molecule has 5 heteroatoms. The van der Waals surface area contributed by atoms with Crippen molar-refractivity contribution in [2.24, 2.45) is 0 Å². The molecule has 0 spiro atoms. The SMILES string of the molecule is CCN(CC1CCCO1)c1nnc(Cl)c2ccccc12. The van der Waals surface area contributed by atoms with Gasteiger partial charge in [0.15, 0.2) is 11.0 Å². The second kappa shape index (κ2) is 5.94. The summed E-state index contributed by atoms with van der Waals surface area (Å²) in [5, 5.41) is 10.8. The summed E-state index contributed by atoms with van der Waals surface area (Å²) in [7, 11) is 0. The molecule has 20 heavy (non-hydrogen) atoms. The van der Waals surface area contributed by atoms with Crippen molar-refractivity contribution in [2.75, 3.05) is 24.6 Å². The Hall–Kier alpha value is -1.39. The third-order valence-electron chi connectivity index (χ3n) is 3.75. The van der Waals surface area contributed by atoms with Gasteiger partial charge in [-0.3, -0.25) is 0 Å². The first-order chi connectivity index (χ1) is 9.79. The second-order valence-electron chi connectivity index (χ2n) is 5.03. The average molecular weight is 292 g/mol. The van der Waals surface area contributed by atoms with Crippen molar-refractivity contribution >= 4 is 28.2 Å². The van der Waals surface area contributed by atoms with Gasteiger partial charge in [0, 0.05) is 30.5 Å². The van der Waals surface area contributed by atoms with Crippen LogP contribution in [-0.4, -0.2) is 36.0 Å². The molecule has 0 radical (unpaired) electrons. The van der Waals surface area contributed by atoms with Crippen LogP contribution in [0.3, 0.4) is 0 Å². The number of hydrogen-bond acceptors (Lipinski definition) is 4. The summed E-state index contributed by atoms with van der Waals surface area (Å²) in [6, 6.07) is 8.00. The second-order valence-corrected chi connectivity index (χ2v) is 5.39. The lowest BCUT2D eigenvalue weighted by atomic mass is 10.1. The summed E-state index contributed by atoms with van der Waals surface area (Å²) in [4.78, 5) is 2.22. The highest BCUT2D eigenvalue weighted by Gasteiger charge is 2.21. The maximum atomic E-state index is 6.13. The minimum Gasteiger partial charge on any atom is -0.376 e. The van der Waals surface area contributed by atoms with E-state index < -0.39 is 0 Å². The molecule has 2 heterocycles. The van der Waals surface area contributed by atoms with Crippen molar-refractivity contribution in [3.05, 3.63) is 29.4 Å². The highest BCUT2D eigenvalue weighted by Crippen LogP contribution is 2.28. The largest absolute Gasteiger partial charge is 0.376 e. The van der Waals surface area contributed by atoms with E-state index in [0.717, 1.165) is 49.1 Å². The van der Waals surface area contributed by atoms with Crippen LogP contribution in [0, 0.1) is 0 Å². The third-order valence-corrected chi connectivity index (χ3v) is 4.03. The zero-order valence-electron chi connectivity index (χ0n) is 11.6. The van der Waals surface area contributed by atoms with Gasteiger partial charge in [0.05, 0.1) is 6.10 Å². The minimum atomic E-state index is 0.297. The van der Waals surface area contributed by atoms with Crippen LogP contribution < -0.4 is 4.90 Å². The number of rotatable bonds is 4. The lowest BCUT2D eigenvalue weighted by Gasteiger charge is -2.25. The van der Waals surface area contributed by atoms with Crippen LogP contribution in [0.1, 0.15) is 19.8 Å². The number of aromatic nitrogens is 2. The predicted molar refractivity (Wildman–Crippen MR) is 81.4 cm³/mol. The van der Waals surface area contributed by atoms with Gasteiger partial charge in [0.2, 0.25) is 0 Å². The molecule has 1 aromatic heterocycles. The van der Waals surface area contributed by atoms with E-state index in [2.05, 4.69) is 22.0 Å². The van der Waals surface area contributed by atoms with Gasteiger partial charge in [-0.25, -0.2) is 0 Å². The van der Waals surface area contributed by atoms with Gasteiger partial charge in [-0.2, -0.15) is 0 Å². The van der Waals surface area contributed by atoms with E-state index in [-0.39, 0.29) is 0 Å². The number of nitrogens with zero attached hydrogens (tertiary/aromatic N) is 3. The topological polar surface area (TPSA) is 38.2 Å². The quantitative estimate of drug-likeness (QED) is 0.866. The van der Waals surface area contributed by atoms with Crippen LogP contribution in [-0.2, 0) is 4.74 Å². The van der Waals surface area contributed by atoms with Crippen LogP contribution in [0.5, 0.6) is 0 Å². The molecule has 1 aromatic carbocycles. The average Bonchev–Trinajstić information content (AvgIpc) is 2.99. The Morgan fingerprint density at radius 2 is 2.10 bits per heavy atom. The van der Waals surface area contributed by atoms with Gasteiger partial charge < -0.3 is 9.64 Å². The molecule has 0 aliphatic carbocycles. The first kappa shape index (κ1) is 13.6. The first-order valence-electron chi connectivity index (χ1n) is 7.07. The fourth-order valence-corrected chi connectivity index (χ4v) is 2.89. The summed E-state index contributed by atoms with van der Waals surface area (Å²) in [6.07, 6.45) is 2.57. The molecule has 1 aliphatic heterocycles. The summed E-state index contributed by atoms with van der Waals surface area (Å²) in [6.45, 7) is 4.73. The lowest BCUT2D eigenvalue weighted by Crippen LogP contribution is -2.33. The number of anilines is 1. The van der Waals surface area contributed by atoms with E-state index in [4.69, 9.17) is 16.3 Å². The van der Waals surface area contributed by atoms with Crippen LogP contribution >= 0.6 is 11.6 Å². The Kier molecular flexibility index (Phi) is 4.03. The standard InChI is InChI=1S/C15H18ClN3O/c1-2-19(10-11-6-5-9-20-11)15-13-8-4-3-7-12(13)14(16)17-18-15/h3-4,7-8,11H,2,5-6,9-10H2,1H3. The van der Waals surface area contributed by atoms with Crippen molar-refractivity contribution < 1.29 is 4.74 Å². The van der Waals surface area contributed by atoms with Gasteiger partial charge in [-0.15, -0.1) is 10.2 Å². The summed E-state index contributed by atoms with van der Waals surface area (Å²) in [5.74, 6) is 0.892.